The Bertz CT molecular complexity index is 1040. The number of ether oxygens (including phenoxy) is 3. The Kier molecular flexibility index (Phi) is 8.69. The third-order valence-electron chi connectivity index (χ3n) is 9.85. The van der Waals surface area contributed by atoms with Crippen LogP contribution >= 0.6 is 0 Å². The molecule has 0 spiro atoms. The fraction of sp³-hybridized carbons (Fsp3) is 0.742. The first-order valence-electron chi connectivity index (χ1n) is 15.0. The summed E-state index contributed by atoms with van der Waals surface area (Å²) in [6.45, 7) is 5.65. The molecule has 1 aromatic rings. The molecule has 0 radical (unpaired) electrons. The van der Waals surface area contributed by atoms with Gasteiger partial charge in [0.15, 0.2) is 11.6 Å². The van der Waals surface area contributed by atoms with Crippen molar-refractivity contribution in [2.75, 3.05) is 26.9 Å². The predicted octanol–water partition coefficient (Wildman–Crippen LogP) is 5.26. The van der Waals surface area contributed by atoms with Crippen LogP contribution in [0.3, 0.4) is 0 Å². The first-order chi connectivity index (χ1) is 18.8. The maximum absolute atomic E-state index is 15.1. The summed E-state index contributed by atoms with van der Waals surface area (Å²) >= 11 is 0. The smallest absolute Gasteiger partial charge is 0.255 e. The first kappa shape index (κ1) is 28.2. The van der Waals surface area contributed by atoms with E-state index in [1.807, 2.05) is 0 Å². The molecule has 4 fully saturated rings. The van der Waals surface area contributed by atoms with E-state index in [1.54, 1.807) is 7.11 Å². The van der Waals surface area contributed by atoms with Crippen molar-refractivity contribution in [2.45, 2.75) is 90.2 Å². The van der Waals surface area contributed by atoms with E-state index in [4.69, 9.17) is 14.2 Å². The van der Waals surface area contributed by atoms with Gasteiger partial charge in [-0.3, -0.25) is 9.59 Å². The average molecular weight is 545 g/mol. The second-order valence-electron chi connectivity index (χ2n) is 12.9. The Balaban J connectivity index is 1.32. The van der Waals surface area contributed by atoms with Gasteiger partial charge in [-0.2, -0.15) is 0 Å². The number of hydrogen-bond acceptors (Lipinski definition) is 5. The van der Waals surface area contributed by atoms with Gasteiger partial charge >= 0.3 is 0 Å². The van der Waals surface area contributed by atoms with Gasteiger partial charge in [0.2, 0.25) is 5.91 Å². The highest BCUT2D eigenvalue weighted by molar-refractivity contribution is 5.98. The summed E-state index contributed by atoms with van der Waals surface area (Å²) in [4.78, 5) is 27.1. The lowest BCUT2D eigenvalue weighted by Crippen LogP contribution is -2.51. The number of fused-ring (bicyclic) bond motifs is 2. The van der Waals surface area contributed by atoms with Crippen molar-refractivity contribution >= 4 is 11.8 Å². The van der Waals surface area contributed by atoms with Crippen molar-refractivity contribution in [1.82, 2.24) is 10.6 Å². The third kappa shape index (κ3) is 6.36. The van der Waals surface area contributed by atoms with Crippen LogP contribution in [0.25, 0.3) is 0 Å². The SMILES string of the molecule is COCCOc1cc(F)c(OC2CCC(C)CC2)cc1C(=O)N[C@@H]1[C@H]2CC[C@H](C2)[C@@H]1C(=O)NCC1(C)CCC1. The number of nitrogens with one attached hydrogen (secondary N) is 2. The number of halogens is 1. The molecule has 4 atom stereocenters. The van der Waals surface area contributed by atoms with Crippen LogP contribution in [0.4, 0.5) is 4.39 Å². The molecule has 0 heterocycles. The second-order valence-corrected chi connectivity index (χ2v) is 12.9. The highest BCUT2D eigenvalue weighted by Gasteiger charge is 2.51. The van der Waals surface area contributed by atoms with Gasteiger partial charge < -0.3 is 24.8 Å². The topological polar surface area (TPSA) is 85.9 Å². The molecule has 2 bridgehead atoms. The van der Waals surface area contributed by atoms with Crippen LogP contribution in [0, 0.1) is 34.9 Å². The van der Waals surface area contributed by atoms with E-state index in [0.29, 0.717) is 19.1 Å². The van der Waals surface area contributed by atoms with Crippen molar-refractivity contribution in [1.29, 1.82) is 0 Å². The van der Waals surface area contributed by atoms with Gasteiger partial charge in [0.1, 0.15) is 12.4 Å². The number of methoxy groups -OCH3 is 1. The lowest BCUT2D eigenvalue weighted by atomic mass is 9.70. The molecule has 0 unspecified atom stereocenters. The fourth-order valence-electron chi connectivity index (χ4n) is 7.17. The van der Waals surface area contributed by atoms with Crippen molar-refractivity contribution in [3.63, 3.8) is 0 Å². The van der Waals surface area contributed by atoms with E-state index < -0.39 is 5.82 Å². The summed E-state index contributed by atoms with van der Waals surface area (Å²) in [5, 5.41) is 6.39. The number of amides is 2. The Morgan fingerprint density at radius 3 is 2.46 bits per heavy atom. The summed E-state index contributed by atoms with van der Waals surface area (Å²) < 4.78 is 32.0. The summed E-state index contributed by atoms with van der Waals surface area (Å²) in [6, 6.07) is 2.48. The zero-order valence-electron chi connectivity index (χ0n) is 23.7. The molecule has 7 nitrogen and oxygen atoms in total. The van der Waals surface area contributed by atoms with Gasteiger partial charge in [0.05, 0.1) is 24.2 Å². The molecule has 5 rings (SSSR count). The van der Waals surface area contributed by atoms with Crippen LogP contribution in [-0.4, -0.2) is 50.8 Å². The van der Waals surface area contributed by atoms with Crippen molar-refractivity contribution in [3.8, 4) is 11.5 Å². The molecule has 4 aliphatic rings. The summed E-state index contributed by atoms with van der Waals surface area (Å²) in [6.07, 6.45) is 10.3. The minimum absolute atomic E-state index is 0.0480. The standard InChI is InChI=1S/C31H45FN2O5/c1-19-5-9-22(10-6-19)39-26-16-23(25(17-24(26)32)38-14-13-37-3)29(35)34-28-21-8-7-20(15-21)27(28)30(36)33-18-31(2)11-4-12-31/h16-17,19-22,27-28H,4-15,18H2,1-3H3,(H,33,36)(H,34,35)/t19?,20-,21+,22?,27+,28-/m1/s1. The molecule has 0 aliphatic heterocycles. The molecule has 0 aromatic heterocycles. The van der Waals surface area contributed by atoms with Gasteiger partial charge in [-0.1, -0.05) is 20.3 Å². The van der Waals surface area contributed by atoms with E-state index >= 15 is 4.39 Å². The molecule has 2 N–H and O–H groups in total. The van der Waals surface area contributed by atoms with Gasteiger partial charge in [-0.25, -0.2) is 4.39 Å². The fourth-order valence-corrected chi connectivity index (χ4v) is 7.17. The van der Waals surface area contributed by atoms with Crippen molar-refractivity contribution in [2.24, 2.45) is 29.1 Å². The first-order valence-corrected chi connectivity index (χ1v) is 15.0. The van der Waals surface area contributed by atoms with E-state index in [2.05, 4.69) is 24.5 Å². The monoisotopic (exact) mass is 544 g/mol. The molecule has 8 heteroatoms. The van der Waals surface area contributed by atoms with Crippen LogP contribution in [0.15, 0.2) is 12.1 Å². The number of hydrogen-bond donors (Lipinski definition) is 2. The Labute approximate surface area is 231 Å². The van der Waals surface area contributed by atoms with E-state index in [-0.39, 0.29) is 70.8 Å². The molecule has 1 aromatic carbocycles. The maximum Gasteiger partial charge on any atom is 0.255 e. The lowest BCUT2D eigenvalue weighted by Gasteiger charge is -2.39. The number of carbonyl (C=O) groups is 2. The number of carbonyl (C=O) groups excluding carboxylic acids is 2. The Morgan fingerprint density at radius 2 is 1.77 bits per heavy atom. The lowest BCUT2D eigenvalue weighted by molar-refractivity contribution is -0.128. The van der Waals surface area contributed by atoms with Crippen molar-refractivity contribution < 1.29 is 28.2 Å². The summed E-state index contributed by atoms with van der Waals surface area (Å²) in [5.41, 5.74) is 0.428. The Morgan fingerprint density at radius 1 is 1.03 bits per heavy atom. The van der Waals surface area contributed by atoms with E-state index in [0.717, 1.165) is 57.8 Å². The summed E-state index contributed by atoms with van der Waals surface area (Å²) in [5.74, 6) is 0.353. The van der Waals surface area contributed by atoms with E-state index in [9.17, 15) is 9.59 Å². The third-order valence-corrected chi connectivity index (χ3v) is 9.85. The van der Waals surface area contributed by atoms with Gasteiger partial charge in [0.25, 0.3) is 5.91 Å². The molecule has 4 saturated carbocycles. The molecular weight excluding hydrogens is 499 g/mol. The number of rotatable bonds is 11. The summed E-state index contributed by atoms with van der Waals surface area (Å²) in [7, 11) is 1.56. The Hall–Kier alpha value is -2.35. The zero-order valence-corrected chi connectivity index (χ0v) is 23.7. The maximum atomic E-state index is 15.1. The van der Waals surface area contributed by atoms with Crippen LogP contribution in [0.1, 0.15) is 88.4 Å². The zero-order chi connectivity index (χ0) is 27.6. The van der Waals surface area contributed by atoms with Crippen molar-refractivity contribution in [3.05, 3.63) is 23.5 Å². The largest absolute Gasteiger partial charge is 0.490 e. The molecule has 4 aliphatic carbocycles. The van der Waals surface area contributed by atoms with Gasteiger partial charge in [0, 0.05) is 25.8 Å². The molecule has 0 saturated heterocycles. The average Bonchev–Trinajstić information content (AvgIpc) is 3.51. The minimum atomic E-state index is -0.542. The molecule has 2 amide bonds. The minimum Gasteiger partial charge on any atom is -0.490 e. The molecule has 39 heavy (non-hydrogen) atoms. The molecular formula is C31H45FN2O5. The van der Waals surface area contributed by atoms with Crippen LogP contribution in [0.5, 0.6) is 11.5 Å². The number of benzene rings is 1. The highest BCUT2D eigenvalue weighted by atomic mass is 19.1. The van der Waals surface area contributed by atoms with Crippen LogP contribution in [-0.2, 0) is 9.53 Å². The quantitative estimate of drug-likeness (QED) is 0.371. The second kappa shape index (κ2) is 12.0. The van der Waals surface area contributed by atoms with Gasteiger partial charge in [-0.15, -0.1) is 0 Å². The van der Waals surface area contributed by atoms with Crippen LogP contribution in [0.2, 0.25) is 0 Å². The van der Waals surface area contributed by atoms with Crippen LogP contribution < -0.4 is 20.1 Å². The van der Waals surface area contributed by atoms with E-state index in [1.165, 1.54) is 18.6 Å². The predicted molar refractivity (Wildman–Crippen MR) is 146 cm³/mol. The van der Waals surface area contributed by atoms with Gasteiger partial charge in [-0.05, 0) is 87.0 Å². The normalized spacial score (nSPS) is 30.9. The molecule has 216 valence electrons. The highest BCUT2D eigenvalue weighted by Crippen LogP contribution is 2.49.